The summed E-state index contributed by atoms with van der Waals surface area (Å²) < 4.78 is 5.71. The van der Waals surface area contributed by atoms with E-state index in [0.29, 0.717) is 23.7 Å². The van der Waals surface area contributed by atoms with Gasteiger partial charge in [-0.2, -0.15) is 4.98 Å². The molecular formula is C13H16N4O3. The first-order valence-corrected chi connectivity index (χ1v) is 6.71. The topological polar surface area (TPSA) is 98.4 Å². The van der Waals surface area contributed by atoms with Crippen LogP contribution in [0.25, 0.3) is 11.1 Å². The number of oxazole rings is 1. The third kappa shape index (κ3) is 2.20. The van der Waals surface area contributed by atoms with Crippen LogP contribution in [0.15, 0.2) is 22.6 Å². The molecule has 0 amide bonds. The van der Waals surface area contributed by atoms with Crippen molar-refractivity contribution in [2.45, 2.75) is 25.3 Å². The van der Waals surface area contributed by atoms with Gasteiger partial charge in [0.15, 0.2) is 5.58 Å². The molecule has 20 heavy (non-hydrogen) atoms. The van der Waals surface area contributed by atoms with E-state index in [0.717, 1.165) is 25.8 Å². The van der Waals surface area contributed by atoms with E-state index in [2.05, 4.69) is 9.88 Å². The number of hydrogen-bond donors (Lipinski definition) is 1. The molecule has 0 aliphatic carbocycles. The van der Waals surface area contributed by atoms with Gasteiger partial charge in [0.25, 0.3) is 11.7 Å². The van der Waals surface area contributed by atoms with Crippen molar-refractivity contribution in [2.24, 2.45) is 5.73 Å². The second kappa shape index (κ2) is 5.09. The number of piperidine rings is 1. The molecule has 0 spiro atoms. The molecule has 1 aliphatic heterocycles. The van der Waals surface area contributed by atoms with Crippen LogP contribution in [0.5, 0.6) is 0 Å². The SMILES string of the molecule is NC[C@H]1CCCCN1c1nc2cc([N+](=O)[O-])ccc2o1. The summed E-state index contributed by atoms with van der Waals surface area (Å²) in [7, 11) is 0. The number of nitro groups is 1. The third-order valence-corrected chi connectivity index (χ3v) is 3.72. The lowest BCUT2D eigenvalue weighted by molar-refractivity contribution is -0.384. The minimum atomic E-state index is -0.433. The first-order chi connectivity index (χ1) is 9.69. The van der Waals surface area contributed by atoms with Crippen LogP contribution in [0.1, 0.15) is 19.3 Å². The Balaban J connectivity index is 1.97. The average molecular weight is 276 g/mol. The zero-order valence-electron chi connectivity index (χ0n) is 11.0. The number of hydrogen-bond acceptors (Lipinski definition) is 6. The van der Waals surface area contributed by atoms with Crippen LogP contribution in [-0.4, -0.2) is 29.0 Å². The average Bonchev–Trinajstić information content (AvgIpc) is 2.89. The number of rotatable bonds is 3. The standard InChI is InChI=1S/C13H16N4O3/c14-8-10-3-1-2-6-16(10)13-15-11-7-9(17(18)19)4-5-12(11)20-13/h4-5,7,10H,1-3,6,8,14H2/t10-/m1/s1. The minimum Gasteiger partial charge on any atom is -0.423 e. The van der Waals surface area contributed by atoms with Gasteiger partial charge in [0.2, 0.25) is 0 Å². The van der Waals surface area contributed by atoms with E-state index < -0.39 is 4.92 Å². The molecule has 1 aliphatic rings. The molecule has 2 heterocycles. The van der Waals surface area contributed by atoms with E-state index in [1.165, 1.54) is 12.1 Å². The molecule has 7 nitrogen and oxygen atoms in total. The highest BCUT2D eigenvalue weighted by Gasteiger charge is 2.25. The summed E-state index contributed by atoms with van der Waals surface area (Å²) in [6.45, 7) is 1.41. The van der Waals surface area contributed by atoms with Gasteiger partial charge in [-0.25, -0.2) is 0 Å². The third-order valence-electron chi connectivity index (χ3n) is 3.72. The number of aromatic nitrogens is 1. The van der Waals surface area contributed by atoms with Gasteiger partial charge in [0, 0.05) is 31.3 Å². The summed E-state index contributed by atoms with van der Waals surface area (Å²) in [6.07, 6.45) is 3.26. The van der Waals surface area contributed by atoms with Crippen molar-refractivity contribution in [3.8, 4) is 0 Å². The summed E-state index contributed by atoms with van der Waals surface area (Å²) in [5.41, 5.74) is 6.88. The number of fused-ring (bicyclic) bond motifs is 1. The zero-order valence-corrected chi connectivity index (χ0v) is 11.0. The number of nitrogens with two attached hydrogens (primary N) is 1. The molecule has 7 heteroatoms. The molecule has 1 fully saturated rings. The molecule has 1 aromatic heterocycles. The largest absolute Gasteiger partial charge is 0.423 e. The van der Waals surface area contributed by atoms with E-state index in [-0.39, 0.29) is 11.7 Å². The van der Waals surface area contributed by atoms with Crippen LogP contribution in [0, 0.1) is 10.1 Å². The van der Waals surface area contributed by atoms with Crippen LogP contribution >= 0.6 is 0 Å². The van der Waals surface area contributed by atoms with E-state index in [4.69, 9.17) is 10.2 Å². The molecule has 1 saturated heterocycles. The fourth-order valence-electron chi connectivity index (χ4n) is 2.64. The van der Waals surface area contributed by atoms with Crippen molar-refractivity contribution in [1.29, 1.82) is 0 Å². The molecule has 0 bridgehead atoms. The highest BCUT2D eigenvalue weighted by atomic mass is 16.6. The second-order valence-electron chi connectivity index (χ2n) is 4.98. The maximum absolute atomic E-state index is 10.8. The summed E-state index contributed by atoms with van der Waals surface area (Å²) in [5, 5.41) is 10.8. The number of benzene rings is 1. The summed E-state index contributed by atoms with van der Waals surface area (Å²) in [6, 6.07) is 5.19. The van der Waals surface area contributed by atoms with Crippen LogP contribution in [0.4, 0.5) is 11.7 Å². The van der Waals surface area contributed by atoms with Crippen LogP contribution in [0.3, 0.4) is 0 Å². The van der Waals surface area contributed by atoms with Gasteiger partial charge in [0.05, 0.1) is 4.92 Å². The van der Waals surface area contributed by atoms with Gasteiger partial charge in [0.1, 0.15) is 5.52 Å². The fraction of sp³-hybridized carbons (Fsp3) is 0.462. The minimum absolute atomic E-state index is 0.0198. The monoisotopic (exact) mass is 276 g/mol. The Hall–Kier alpha value is -2.15. The summed E-state index contributed by atoms with van der Waals surface area (Å²) >= 11 is 0. The van der Waals surface area contributed by atoms with Gasteiger partial charge >= 0.3 is 0 Å². The van der Waals surface area contributed by atoms with E-state index in [1.54, 1.807) is 6.07 Å². The molecule has 1 aromatic carbocycles. The molecule has 1 atom stereocenters. The zero-order chi connectivity index (χ0) is 14.1. The number of nitrogens with zero attached hydrogens (tertiary/aromatic N) is 3. The van der Waals surface area contributed by atoms with Gasteiger partial charge in [-0.15, -0.1) is 0 Å². The maximum Gasteiger partial charge on any atom is 0.298 e. The second-order valence-corrected chi connectivity index (χ2v) is 4.98. The molecule has 106 valence electrons. The normalized spacial score (nSPS) is 19.4. The van der Waals surface area contributed by atoms with Crippen molar-refractivity contribution in [2.75, 3.05) is 18.0 Å². The Morgan fingerprint density at radius 3 is 3.10 bits per heavy atom. The predicted octanol–water partition coefficient (Wildman–Crippen LogP) is 2.05. The Morgan fingerprint density at radius 2 is 2.35 bits per heavy atom. The number of non-ortho nitro benzene ring substituents is 1. The van der Waals surface area contributed by atoms with E-state index in [9.17, 15) is 10.1 Å². The highest BCUT2D eigenvalue weighted by molar-refractivity contribution is 5.77. The van der Waals surface area contributed by atoms with E-state index >= 15 is 0 Å². The molecule has 0 unspecified atom stereocenters. The number of nitro benzene ring substituents is 1. The maximum atomic E-state index is 10.8. The Labute approximate surface area is 115 Å². The van der Waals surface area contributed by atoms with Gasteiger partial charge in [-0.05, 0) is 25.3 Å². The van der Waals surface area contributed by atoms with Crippen molar-refractivity contribution < 1.29 is 9.34 Å². The van der Waals surface area contributed by atoms with Crippen LogP contribution in [0.2, 0.25) is 0 Å². The predicted molar refractivity (Wildman–Crippen MR) is 74.7 cm³/mol. The van der Waals surface area contributed by atoms with Gasteiger partial charge in [-0.1, -0.05) is 0 Å². The lowest BCUT2D eigenvalue weighted by Crippen LogP contribution is -2.44. The molecule has 3 rings (SSSR count). The van der Waals surface area contributed by atoms with E-state index in [1.807, 2.05) is 0 Å². The van der Waals surface area contributed by atoms with Crippen molar-refractivity contribution in [3.05, 3.63) is 28.3 Å². The van der Waals surface area contributed by atoms with Crippen LogP contribution in [-0.2, 0) is 0 Å². The Bertz CT molecular complexity index is 640. The van der Waals surface area contributed by atoms with Crippen molar-refractivity contribution >= 4 is 22.8 Å². The smallest absolute Gasteiger partial charge is 0.298 e. The Morgan fingerprint density at radius 1 is 1.50 bits per heavy atom. The summed E-state index contributed by atoms with van der Waals surface area (Å²) in [4.78, 5) is 16.8. The first-order valence-electron chi connectivity index (χ1n) is 6.71. The molecule has 2 N–H and O–H groups in total. The fourth-order valence-corrected chi connectivity index (χ4v) is 2.64. The molecule has 0 saturated carbocycles. The quantitative estimate of drug-likeness (QED) is 0.680. The Kier molecular flexibility index (Phi) is 3.27. The first kappa shape index (κ1) is 12.9. The lowest BCUT2D eigenvalue weighted by Gasteiger charge is -2.33. The highest BCUT2D eigenvalue weighted by Crippen LogP contribution is 2.29. The molecular weight excluding hydrogens is 260 g/mol. The summed E-state index contributed by atoms with van der Waals surface area (Å²) in [5.74, 6) is 0. The molecule has 0 radical (unpaired) electrons. The van der Waals surface area contributed by atoms with Crippen molar-refractivity contribution in [1.82, 2.24) is 4.98 Å². The van der Waals surface area contributed by atoms with Crippen molar-refractivity contribution in [3.63, 3.8) is 0 Å². The molecule has 2 aromatic rings. The lowest BCUT2D eigenvalue weighted by atomic mass is 10.0. The van der Waals surface area contributed by atoms with Crippen LogP contribution < -0.4 is 10.6 Å². The number of anilines is 1. The van der Waals surface area contributed by atoms with Gasteiger partial charge in [-0.3, -0.25) is 10.1 Å². The van der Waals surface area contributed by atoms with Gasteiger partial charge < -0.3 is 15.1 Å².